The summed E-state index contributed by atoms with van der Waals surface area (Å²) in [5.41, 5.74) is 0.515. The van der Waals surface area contributed by atoms with Crippen molar-refractivity contribution in [2.24, 2.45) is 11.8 Å². The highest BCUT2D eigenvalue weighted by atomic mass is 19.4. The Morgan fingerprint density at radius 1 is 0.833 bits per heavy atom. The molecular weight excluding hydrogens is 703 g/mol. The third-order valence-corrected chi connectivity index (χ3v) is 9.10. The van der Waals surface area contributed by atoms with Crippen LogP contribution in [0.2, 0.25) is 0 Å². The first-order chi connectivity index (χ1) is 25.5. The van der Waals surface area contributed by atoms with E-state index in [0.29, 0.717) is 81.1 Å². The van der Waals surface area contributed by atoms with Crippen LogP contribution in [0.25, 0.3) is 10.9 Å². The van der Waals surface area contributed by atoms with Gasteiger partial charge < -0.3 is 33.2 Å². The summed E-state index contributed by atoms with van der Waals surface area (Å²) in [6, 6.07) is 14.0. The molecule has 0 spiro atoms. The van der Waals surface area contributed by atoms with Crippen molar-refractivity contribution in [2.75, 3.05) is 57.6 Å². The van der Waals surface area contributed by atoms with Gasteiger partial charge in [0.05, 0.1) is 37.7 Å². The number of nitrogens with zero attached hydrogens (tertiary/aromatic N) is 3. The summed E-state index contributed by atoms with van der Waals surface area (Å²) < 4.78 is 72.3. The number of carbonyl (C=O) groups is 2. The molecule has 1 fully saturated rings. The molecule has 3 heterocycles. The smallest absolute Gasteiger partial charge is 0.415 e. The maximum Gasteiger partial charge on any atom is 0.415 e. The molecule has 3 aromatic rings. The molecule has 5 rings (SSSR count). The summed E-state index contributed by atoms with van der Waals surface area (Å²) in [6.45, 7) is 12.1. The zero-order valence-corrected chi connectivity index (χ0v) is 32.1. The zero-order chi connectivity index (χ0) is 39.1. The summed E-state index contributed by atoms with van der Waals surface area (Å²) >= 11 is 0. The second-order valence-electron chi connectivity index (χ2n) is 15.7. The number of hydrogen-bond acceptors (Lipinski definition) is 7. The number of carbonyl (C=O) groups excluding carboxylic acids is 2. The Kier molecular flexibility index (Phi) is 13.1. The number of benzene rings is 2. The van der Waals surface area contributed by atoms with E-state index in [0.717, 1.165) is 5.56 Å². The Morgan fingerprint density at radius 3 is 2.24 bits per heavy atom. The van der Waals surface area contributed by atoms with Crippen molar-refractivity contribution in [1.82, 2.24) is 9.47 Å². The molecule has 1 aromatic heterocycles. The fourth-order valence-corrected chi connectivity index (χ4v) is 6.73. The van der Waals surface area contributed by atoms with Crippen molar-refractivity contribution in [3.05, 3.63) is 59.8 Å². The number of alkyl halides is 3. The van der Waals surface area contributed by atoms with E-state index in [-0.39, 0.29) is 36.8 Å². The lowest BCUT2D eigenvalue weighted by molar-refractivity contribution is -0.140. The second kappa shape index (κ2) is 17.4. The van der Waals surface area contributed by atoms with Gasteiger partial charge in [-0.2, -0.15) is 13.2 Å². The maximum absolute atomic E-state index is 14.1. The van der Waals surface area contributed by atoms with Crippen LogP contribution in [0, 0.1) is 23.7 Å². The van der Waals surface area contributed by atoms with E-state index in [2.05, 4.69) is 11.8 Å². The molecule has 0 aliphatic carbocycles. The molecule has 54 heavy (non-hydrogen) atoms. The summed E-state index contributed by atoms with van der Waals surface area (Å²) in [5, 5.41) is 0.681. The highest BCUT2D eigenvalue weighted by Gasteiger charge is 2.35. The highest BCUT2D eigenvalue weighted by Crippen LogP contribution is 2.34. The molecule has 13 heteroatoms. The lowest BCUT2D eigenvalue weighted by atomic mass is 9.79. The topological polar surface area (TPSA) is 91.7 Å². The number of halogens is 3. The Labute approximate surface area is 315 Å². The van der Waals surface area contributed by atoms with Gasteiger partial charge in [0.2, 0.25) is 0 Å². The van der Waals surface area contributed by atoms with Gasteiger partial charge in [-0.05, 0) is 108 Å². The van der Waals surface area contributed by atoms with Crippen LogP contribution in [-0.2, 0) is 31.9 Å². The molecule has 0 radical (unpaired) electrons. The van der Waals surface area contributed by atoms with Gasteiger partial charge in [-0.3, -0.25) is 4.90 Å². The normalized spacial score (nSPS) is 19.6. The molecule has 0 saturated carbocycles. The number of rotatable bonds is 1. The molecule has 4 bridgehead atoms. The number of likely N-dealkylation sites (tertiary alicyclic amines) is 1. The number of hydrogen-bond donors (Lipinski definition) is 0. The largest absolute Gasteiger partial charge is 0.491 e. The SMILES string of the molecule is CC(C)(C)OC(=O)N1CCC2Cc3cccc4c3cc(n4CC(F)(F)F)C#CCN(C(=O)OC(C)(C)C)c3cccc(c3)OCCOCCOCCC2C1. The van der Waals surface area contributed by atoms with Gasteiger partial charge in [0.15, 0.2) is 0 Å². The molecule has 2 aromatic carbocycles. The van der Waals surface area contributed by atoms with Gasteiger partial charge in [-0.25, -0.2) is 9.59 Å². The monoisotopic (exact) mass is 755 g/mol. The van der Waals surface area contributed by atoms with Crippen molar-refractivity contribution in [3.63, 3.8) is 0 Å². The van der Waals surface area contributed by atoms with E-state index in [1.807, 2.05) is 26.8 Å². The molecule has 2 aliphatic heterocycles. The van der Waals surface area contributed by atoms with Crippen molar-refractivity contribution < 1.29 is 46.4 Å². The number of amides is 2. The van der Waals surface area contributed by atoms with Crippen molar-refractivity contribution in [2.45, 2.75) is 84.7 Å². The number of aromatic nitrogens is 1. The fourth-order valence-electron chi connectivity index (χ4n) is 6.73. The van der Waals surface area contributed by atoms with Crippen LogP contribution in [0.15, 0.2) is 48.5 Å². The molecule has 2 unspecified atom stereocenters. The summed E-state index contributed by atoms with van der Waals surface area (Å²) in [6.07, 6.45) is -3.56. The molecule has 294 valence electrons. The minimum atomic E-state index is -4.51. The van der Waals surface area contributed by atoms with E-state index < -0.39 is 30.0 Å². The number of piperidine rings is 1. The molecule has 2 amide bonds. The maximum atomic E-state index is 14.1. The van der Waals surface area contributed by atoms with E-state index >= 15 is 0 Å². The van der Waals surface area contributed by atoms with Gasteiger partial charge in [-0.15, -0.1) is 0 Å². The zero-order valence-electron chi connectivity index (χ0n) is 32.1. The summed E-state index contributed by atoms with van der Waals surface area (Å²) in [4.78, 5) is 29.6. The van der Waals surface area contributed by atoms with Crippen LogP contribution in [-0.4, -0.2) is 91.7 Å². The third-order valence-electron chi connectivity index (χ3n) is 9.10. The highest BCUT2D eigenvalue weighted by molar-refractivity contribution is 5.89. The first-order valence-corrected chi connectivity index (χ1v) is 18.5. The van der Waals surface area contributed by atoms with Gasteiger partial charge in [-0.1, -0.05) is 24.1 Å². The van der Waals surface area contributed by atoms with Gasteiger partial charge >= 0.3 is 18.4 Å². The minimum Gasteiger partial charge on any atom is -0.491 e. The van der Waals surface area contributed by atoms with E-state index in [4.69, 9.17) is 23.7 Å². The standard InChI is InChI=1S/C41H52F3N3O7/c1-39(2,3)53-37(48)45-18-15-29-24-30-10-7-14-36-35(30)26-33(47(36)28-41(42,43)44)12-9-17-46(38(49)54-40(4,5)6)32-11-8-13-34(25-32)52-23-22-51-21-20-50-19-16-31(29)27-45/h7-8,10-11,13-14,25-26,29,31H,15-24,27-28H2,1-6H3. The van der Waals surface area contributed by atoms with Crippen molar-refractivity contribution in [1.29, 1.82) is 0 Å². The second-order valence-corrected chi connectivity index (χ2v) is 15.7. The molecular formula is C41H52F3N3O7. The summed E-state index contributed by atoms with van der Waals surface area (Å²) in [5.74, 6) is 6.59. The van der Waals surface area contributed by atoms with Crippen LogP contribution in [0.5, 0.6) is 5.75 Å². The van der Waals surface area contributed by atoms with Crippen LogP contribution < -0.4 is 9.64 Å². The van der Waals surface area contributed by atoms with Crippen LogP contribution >= 0.6 is 0 Å². The predicted molar refractivity (Wildman–Crippen MR) is 200 cm³/mol. The van der Waals surface area contributed by atoms with Crippen molar-refractivity contribution in [3.8, 4) is 17.6 Å². The number of ether oxygens (including phenoxy) is 5. The van der Waals surface area contributed by atoms with Gasteiger partial charge in [0.25, 0.3) is 0 Å². The number of fused-ring (bicyclic) bond motifs is 4. The third kappa shape index (κ3) is 11.8. The molecule has 10 nitrogen and oxygen atoms in total. The Morgan fingerprint density at radius 2 is 1.52 bits per heavy atom. The fraction of sp³-hybridized carbons (Fsp3) is 0.561. The average molecular weight is 756 g/mol. The van der Waals surface area contributed by atoms with Crippen LogP contribution in [0.4, 0.5) is 28.4 Å². The van der Waals surface area contributed by atoms with Crippen molar-refractivity contribution >= 4 is 28.8 Å². The lowest BCUT2D eigenvalue weighted by Crippen LogP contribution is -2.46. The van der Waals surface area contributed by atoms with E-state index in [9.17, 15) is 22.8 Å². The van der Waals surface area contributed by atoms with Gasteiger partial charge in [0.1, 0.15) is 30.1 Å². The first kappa shape index (κ1) is 40.8. The molecule has 1 saturated heterocycles. The van der Waals surface area contributed by atoms with E-state index in [1.165, 1.54) is 9.47 Å². The molecule has 0 N–H and O–H groups in total. The Balaban J connectivity index is 1.52. The quantitative estimate of drug-likeness (QED) is 0.231. The average Bonchev–Trinajstić information content (AvgIpc) is 3.41. The predicted octanol–water partition coefficient (Wildman–Crippen LogP) is 8.23. The first-order valence-electron chi connectivity index (χ1n) is 18.5. The number of anilines is 1. The molecule has 2 aliphatic rings. The lowest BCUT2D eigenvalue weighted by Gasteiger charge is -2.39. The van der Waals surface area contributed by atoms with Gasteiger partial charge in [0, 0.05) is 36.7 Å². The Hall–Kier alpha value is -4.41. The Bertz CT molecular complexity index is 1820. The van der Waals surface area contributed by atoms with Crippen LogP contribution in [0.1, 0.15) is 65.6 Å². The molecule has 2 atom stereocenters. The minimum absolute atomic E-state index is 0.0582. The summed E-state index contributed by atoms with van der Waals surface area (Å²) in [7, 11) is 0. The van der Waals surface area contributed by atoms with Crippen LogP contribution in [0.3, 0.4) is 0 Å². The van der Waals surface area contributed by atoms with E-state index in [1.54, 1.807) is 68.1 Å².